The van der Waals surface area contributed by atoms with Gasteiger partial charge < -0.3 is 20.1 Å². The lowest BCUT2D eigenvalue weighted by Crippen LogP contribution is -2.20. The average molecular weight is 267 g/mol. The van der Waals surface area contributed by atoms with Gasteiger partial charge in [0.1, 0.15) is 11.9 Å². The minimum atomic E-state index is -1.17. The maximum absolute atomic E-state index is 10.1. The van der Waals surface area contributed by atoms with Gasteiger partial charge in [0.15, 0.2) is 0 Å². The van der Waals surface area contributed by atoms with Crippen LogP contribution in [0.5, 0.6) is 5.75 Å². The minimum absolute atomic E-state index is 0.0940. The quantitative estimate of drug-likeness (QED) is 0.391. The second-order valence-electron chi connectivity index (χ2n) is 3.99. The molecule has 0 radical (unpaired) electrons. The maximum atomic E-state index is 10.1. The lowest BCUT2D eigenvalue weighted by atomic mass is 9.99. The third kappa shape index (κ3) is 4.11. The summed E-state index contributed by atoms with van der Waals surface area (Å²) in [6.45, 7) is -0.0741. The largest absolute Gasteiger partial charge is 0.496 e. The van der Waals surface area contributed by atoms with Crippen LogP contribution in [0.2, 0.25) is 0 Å². The number of azide groups is 1. The van der Waals surface area contributed by atoms with Gasteiger partial charge in [-0.15, -0.1) is 0 Å². The zero-order valence-electron chi connectivity index (χ0n) is 10.6. The second-order valence-corrected chi connectivity index (χ2v) is 3.99. The summed E-state index contributed by atoms with van der Waals surface area (Å²) in [6.07, 6.45) is -2.11. The van der Waals surface area contributed by atoms with Crippen LogP contribution in [0, 0.1) is 0 Å². The van der Waals surface area contributed by atoms with Crippen LogP contribution in [0.3, 0.4) is 0 Å². The molecule has 0 aliphatic rings. The zero-order valence-corrected chi connectivity index (χ0v) is 10.6. The highest BCUT2D eigenvalue weighted by Crippen LogP contribution is 2.29. The fraction of sp³-hybridized carbons (Fsp3) is 0.500. The number of hydrogen-bond donors (Lipinski definition) is 3. The first-order valence-electron chi connectivity index (χ1n) is 5.78. The Balaban J connectivity index is 2.89. The maximum Gasteiger partial charge on any atom is 0.124 e. The number of aliphatic hydroxyl groups excluding tert-OH is 3. The predicted molar refractivity (Wildman–Crippen MR) is 68.5 cm³/mol. The molecule has 0 amide bonds. The van der Waals surface area contributed by atoms with E-state index in [9.17, 15) is 10.2 Å². The molecule has 1 aromatic rings. The highest BCUT2D eigenvalue weighted by atomic mass is 16.5. The summed E-state index contributed by atoms with van der Waals surface area (Å²) < 4.78 is 5.11. The summed E-state index contributed by atoms with van der Waals surface area (Å²) in [6, 6.07) is 4.85. The highest BCUT2D eigenvalue weighted by molar-refractivity contribution is 5.39. The number of benzene rings is 1. The van der Waals surface area contributed by atoms with Crippen molar-refractivity contribution in [2.75, 3.05) is 13.7 Å². The summed E-state index contributed by atoms with van der Waals surface area (Å²) in [4.78, 5) is 2.58. The molecule has 0 aliphatic carbocycles. The number of hydrogen-bond acceptors (Lipinski definition) is 5. The molecule has 0 spiro atoms. The summed E-state index contributed by atoms with van der Waals surface area (Å²) in [7, 11) is 1.45. The molecule has 1 rings (SSSR count). The van der Waals surface area contributed by atoms with Gasteiger partial charge in [-0.25, -0.2) is 0 Å². The van der Waals surface area contributed by atoms with E-state index in [4.69, 9.17) is 15.4 Å². The molecule has 104 valence electrons. The van der Waals surface area contributed by atoms with E-state index < -0.39 is 12.2 Å². The van der Waals surface area contributed by atoms with E-state index in [1.54, 1.807) is 18.2 Å². The third-order valence-electron chi connectivity index (χ3n) is 2.75. The Bertz CT molecular complexity index is 460. The molecule has 3 N–H and O–H groups in total. The Morgan fingerprint density at radius 2 is 2.16 bits per heavy atom. The van der Waals surface area contributed by atoms with Gasteiger partial charge in [0.25, 0.3) is 0 Å². The van der Waals surface area contributed by atoms with Crippen molar-refractivity contribution in [2.24, 2.45) is 5.11 Å². The van der Waals surface area contributed by atoms with E-state index in [0.717, 1.165) is 0 Å². The number of methoxy groups -OCH3 is 1. The number of nitrogens with zero attached hydrogens (tertiary/aromatic N) is 3. The van der Waals surface area contributed by atoms with Gasteiger partial charge >= 0.3 is 0 Å². The van der Waals surface area contributed by atoms with Crippen LogP contribution in [0.4, 0.5) is 0 Å². The van der Waals surface area contributed by atoms with Crippen molar-refractivity contribution >= 4 is 0 Å². The van der Waals surface area contributed by atoms with Crippen molar-refractivity contribution in [3.8, 4) is 5.75 Å². The van der Waals surface area contributed by atoms with Gasteiger partial charge in [-0.3, -0.25) is 0 Å². The Hall–Kier alpha value is -1.79. The minimum Gasteiger partial charge on any atom is -0.496 e. The first-order chi connectivity index (χ1) is 9.13. The normalized spacial score (nSPS) is 13.5. The first kappa shape index (κ1) is 15.3. The monoisotopic (exact) mass is 267 g/mol. The van der Waals surface area contributed by atoms with Crippen LogP contribution < -0.4 is 4.74 Å². The van der Waals surface area contributed by atoms with E-state index in [0.29, 0.717) is 16.9 Å². The molecule has 0 bridgehead atoms. The van der Waals surface area contributed by atoms with Crippen LogP contribution in [-0.4, -0.2) is 35.1 Å². The SMILES string of the molecule is COc1ccc(CO)cc1C(O)C(O)CCN=[N+]=[N-]. The van der Waals surface area contributed by atoms with E-state index in [-0.39, 0.29) is 19.6 Å². The summed E-state index contributed by atoms with van der Waals surface area (Å²) in [5.41, 5.74) is 9.15. The van der Waals surface area contributed by atoms with Gasteiger partial charge in [0.05, 0.1) is 19.8 Å². The molecular formula is C12H17N3O4. The van der Waals surface area contributed by atoms with Crippen molar-refractivity contribution in [2.45, 2.75) is 25.2 Å². The standard InChI is InChI=1S/C12H17N3O4/c1-19-11-3-2-8(7-16)6-9(11)12(18)10(17)4-5-14-15-13/h2-3,6,10,12,16-18H,4-5,7H2,1H3. The second kappa shape index (κ2) is 7.60. The van der Waals surface area contributed by atoms with Crippen molar-refractivity contribution in [3.05, 3.63) is 39.8 Å². The molecule has 7 nitrogen and oxygen atoms in total. The molecule has 0 fully saturated rings. The van der Waals surface area contributed by atoms with E-state index in [1.165, 1.54) is 7.11 Å². The highest BCUT2D eigenvalue weighted by Gasteiger charge is 2.21. The molecule has 0 aromatic heterocycles. The molecule has 7 heteroatoms. The van der Waals surface area contributed by atoms with Gasteiger partial charge in [-0.2, -0.15) is 0 Å². The van der Waals surface area contributed by atoms with Crippen molar-refractivity contribution in [3.63, 3.8) is 0 Å². The molecule has 2 unspecified atom stereocenters. The lowest BCUT2D eigenvalue weighted by Gasteiger charge is -2.20. The molecule has 0 saturated heterocycles. The molecule has 2 atom stereocenters. The van der Waals surface area contributed by atoms with Gasteiger partial charge in [-0.05, 0) is 29.6 Å². The van der Waals surface area contributed by atoms with Gasteiger partial charge in [-0.1, -0.05) is 11.2 Å². The average Bonchev–Trinajstić information content (AvgIpc) is 2.45. The summed E-state index contributed by atoms with van der Waals surface area (Å²) in [5.74, 6) is 0.424. The Morgan fingerprint density at radius 1 is 1.42 bits per heavy atom. The Morgan fingerprint density at radius 3 is 2.74 bits per heavy atom. The predicted octanol–water partition coefficient (Wildman–Crippen LogP) is 1.28. The van der Waals surface area contributed by atoms with Crippen molar-refractivity contribution in [1.82, 2.24) is 0 Å². The molecule has 19 heavy (non-hydrogen) atoms. The third-order valence-corrected chi connectivity index (χ3v) is 2.75. The zero-order chi connectivity index (χ0) is 14.3. The number of aliphatic hydroxyl groups is 3. The Labute approximate surface area is 110 Å². The molecule has 0 heterocycles. The topological polar surface area (TPSA) is 119 Å². The number of rotatable bonds is 7. The van der Waals surface area contributed by atoms with Gasteiger partial charge in [0.2, 0.25) is 0 Å². The van der Waals surface area contributed by atoms with Crippen LogP contribution in [0.1, 0.15) is 23.7 Å². The number of ether oxygens (including phenoxy) is 1. The van der Waals surface area contributed by atoms with E-state index in [2.05, 4.69) is 10.0 Å². The van der Waals surface area contributed by atoms with Gasteiger partial charge in [0, 0.05) is 17.0 Å². The van der Waals surface area contributed by atoms with Crippen LogP contribution >= 0.6 is 0 Å². The fourth-order valence-electron chi connectivity index (χ4n) is 1.71. The van der Waals surface area contributed by atoms with Crippen LogP contribution in [0.15, 0.2) is 23.3 Å². The van der Waals surface area contributed by atoms with E-state index in [1.807, 2.05) is 0 Å². The molecule has 0 saturated carbocycles. The Kier molecular flexibility index (Phi) is 6.11. The van der Waals surface area contributed by atoms with Crippen molar-refractivity contribution < 1.29 is 20.1 Å². The summed E-state index contributed by atoms with van der Waals surface area (Å²) >= 11 is 0. The van der Waals surface area contributed by atoms with E-state index >= 15 is 0 Å². The van der Waals surface area contributed by atoms with Crippen molar-refractivity contribution in [1.29, 1.82) is 0 Å². The lowest BCUT2D eigenvalue weighted by molar-refractivity contribution is 0.0136. The fourth-order valence-corrected chi connectivity index (χ4v) is 1.71. The summed E-state index contributed by atoms with van der Waals surface area (Å²) in [5, 5.41) is 32.3. The van der Waals surface area contributed by atoms with Crippen LogP contribution in [0.25, 0.3) is 10.4 Å². The van der Waals surface area contributed by atoms with Crippen LogP contribution in [-0.2, 0) is 6.61 Å². The smallest absolute Gasteiger partial charge is 0.124 e. The molecular weight excluding hydrogens is 250 g/mol. The molecule has 0 aliphatic heterocycles. The first-order valence-corrected chi connectivity index (χ1v) is 5.78. The molecule has 1 aromatic carbocycles.